The maximum atomic E-state index is 6.12. The van der Waals surface area contributed by atoms with E-state index in [1.54, 1.807) is 0 Å². The molecule has 2 nitrogen and oxygen atoms in total. The van der Waals surface area contributed by atoms with E-state index in [0.29, 0.717) is 11.6 Å². The summed E-state index contributed by atoms with van der Waals surface area (Å²) in [5.41, 5.74) is 2.53. The first-order chi connectivity index (χ1) is 9.72. The Morgan fingerprint density at radius 2 is 1.80 bits per heavy atom. The van der Waals surface area contributed by atoms with Gasteiger partial charge in [0.25, 0.3) is 0 Å². The van der Waals surface area contributed by atoms with Crippen LogP contribution in [0.25, 0.3) is 0 Å². The molecule has 20 heavy (non-hydrogen) atoms. The molecule has 0 aliphatic carbocycles. The van der Waals surface area contributed by atoms with E-state index >= 15 is 0 Å². The van der Waals surface area contributed by atoms with Gasteiger partial charge in [-0.25, -0.2) is 0 Å². The summed E-state index contributed by atoms with van der Waals surface area (Å²) < 4.78 is 5.87. The van der Waals surface area contributed by atoms with E-state index in [1.165, 1.54) is 11.1 Å². The number of rotatable bonds is 6. The lowest BCUT2D eigenvalue weighted by Gasteiger charge is -2.21. The largest absolute Gasteiger partial charge is 0.490 e. The Kier molecular flexibility index (Phi) is 5.45. The molecule has 0 radical (unpaired) electrons. The Morgan fingerprint density at radius 3 is 2.50 bits per heavy atom. The van der Waals surface area contributed by atoms with Gasteiger partial charge in [-0.2, -0.15) is 0 Å². The molecule has 0 spiro atoms. The van der Waals surface area contributed by atoms with Crippen LogP contribution in [0.2, 0.25) is 5.02 Å². The van der Waals surface area contributed by atoms with E-state index in [2.05, 4.69) is 43.4 Å². The molecular formula is C17H20ClNO. The molecule has 0 fully saturated rings. The normalized spacial score (nSPS) is 12.2. The van der Waals surface area contributed by atoms with Crippen molar-refractivity contribution in [3.63, 3.8) is 0 Å². The van der Waals surface area contributed by atoms with Crippen molar-refractivity contribution in [2.75, 3.05) is 13.2 Å². The van der Waals surface area contributed by atoms with Crippen LogP contribution in [0.5, 0.6) is 5.75 Å². The standard InChI is InChI=1S/C17H20ClNO/c1-3-19-16(14-9-5-4-8-13(14)2)12-20-17-11-7-6-10-15(17)18/h4-11,16,19H,3,12H2,1-2H3. The summed E-state index contributed by atoms with van der Waals surface area (Å²) in [6.45, 7) is 5.67. The van der Waals surface area contributed by atoms with Crippen molar-refractivity contribution in [1.82, 2.24) is 5.32 Å². The number of likely N-dealkylation sites (N-methyl/N-ethyl adjacent to an activating group) is 1. The molecular weight excluding hydrogens is 270 g/mol. The summed E-state index contributed by atoms with van der Waals surface area (Å²) in [7, 11) is 0. The molecule has 2 aromatic rings. The second kappa shape index (κ2) is 7.32. The fraction of sp³-hybridized carbons (Fsp3) is 0.294. The zero-order valence-corrected chi connectivity index (χ0v) is 12.7. The van der Waals surface area contributed by atoms with Crippen LogP contribution < -0.4 is 10.1 Å². The predicted molar refractivity (Wildman–Crippen MR) is 84.5 cm³/mol. The predicted octanol–water partition coefficient (Wildman–Crippen LogP) is 4.38. The van der Waals surface area contributed by atoms with Gasteiger partial charge in [-0.15, -0.1) is 0 Å². The average Bonchev–Trinajstić information content (AvgIpc) is 2.46. The first-order valence-electron chi connectivity index (χ1n) is 6.88. The second-order valence-electron chi connectivity index (χ2n) is 4.71. The van der Waals surface area contributed by atoms with Crippen LogP contribution in [0.15, 0.2) is 48.5 Å². The summed E-state index contributed by atoms with van der Waals surface area (Å²) in [6, 6.07) is 16.1. The van der Waals surface area contributed by atoms with Crippen LogP contribution in [-0.4, -0.2) is 13.2 Å². The van der Waals surface area contributed by atoms with Crippen LogP contribution in [0.1, 0.15) is 24.1 Å². The first-order valence-corrected chi connectivity index (χ1v) is 7.26. The molecule has 0 amide bonds. The van der Waals surface area contributed by atoms with Gasteiger partial charge in [0, 0.05) is 0 Å². The molecule has 0 aromatic heterocycles. The summed E-state index contributed by atoms with van der Waals surface area (Å²) in [4.78, 5) is 0. The Labute approximate surface area is 125 Å². The zero-order chi connectivity index (χ0) is 14.4. The number of hydrogen-bond acceptors (Lipinski definition) is 2. The van der Waals surface area contributed by atoms with Gasteiger partial charge in [0.1, 0.15) is 12.4 Å². The fourth-order valence-corrected chi connectivity index (χ4v) is 2.41. The van der Waals surface area contributed by atoms with E-state index in [0.717, 1.165) is 12.3 Å². The number of para-hydroxylation sites is 1. The number of hydrogen-bond donors (Lipinski definition) is 1. The first kappa shape index (κ1) is 14.9. The Hall–Kier alpha value is -1.51. The minimum atomic E-state index is 0.164. The maximum Gasteiger partial charge on any atom is 0.137 e. The zero-order valence-electron chi connectivity index (χ0n) is 11.9. The third-order valence-corrected chi connectivity index (χ3v) is 3.57. The van der Waals surface area contributed by atoms with Gasteiger partial charge in [-0.05, 0) is 36.7 Å². The molecule has 0 aliphatic heterocycles. The third-order valence-electron chi connectivity index (χ3n) is 3.26. The highest BCUT2D eigenvalue weighted by atomic mass is 35.5. The van der Waals surface area contributed by atoms with Crippen molar-refractivity contribution in [2.45, 2.75) is 19.9 Å². The van der Waals surface area contributed by atoms with Crippen LogP contribution >= 0.6 is 11.6 Å². The summed E-state index contributed by atoms with van der Waals surface area (Å²) in [5, 5.41) is 4.11. The van der Waals surface area contributed by atoms with E-state index in [1.807, 2.05) is 24.3 Å². The van der Waals surface area contributed by atoms with Crippen molar-refractivity contribution < 1.29 is 4.74 Å². The number of ether oxygens (including phenoxy) is 1. The van der Waals surface area contributed by atoms with E-state index in [9.17, 15) is 0 Å². The molecule has 1 unspecified atom stereocenters. The van der Waals surface area contributed by atoms with Gasteiger partial charge < -0.3 is 10.1 Å². The number of benzene rings is 2. The molecule has 3 heteroatoms. The van der Waals surface area contributed by atoms with E-state index < -0.39 is 0 Å². The Bertz CT molecular complexity index is 556. The SMILES string of the molecule is CCNC(COc1ccccc1Cl)c1ccccc1C. The molecule has 106 valence electrons. The molecule has 0 bridgehead atoms. The minimum absolute atomic E-state index is 0.164. The Balaban J connectivity index is 2.11. The van der Waals surface area contributed by atoms with Crippen molar-refractivity contribution in [1.29, 1.82) is 0 Å². The quantitative estimate of drug-likeness (QED) is 0.852. The molecule has 0 saturated carbocycles. The molecule has 0 saturated heterocycles. The lowest BCUT2D eigenvalue weighted by molar-refractivity contribution is 0.268. The van der Waals surface area contributed by atoms with E-state index in [-0.39, 0.29) is 6.04 Å². The van der Waals surface area contributed by atoms with Crippen LogP contribution in [-0.2, 0) is 0 Å². The van der Waals surface area contributed by atoms with Gasteiger partial charge in [0.15, 0.2) is 0 Å². The molecule has 0 aliphatic rings. The van der Waals surface area contributed by atoms with Crippen LogP contribution in [0.4, 0.5) is 0 Å². The third kappa shape index (κ3) is 3.75. The van der Waals surface area contributed by atoms with Crippen molar-refractivity contribution in [3.05, 3.63) is 64.7 Å². The summed E-state index contributed by atoms with van der Waals surface area (Å²) in [6.07, 6.45) is 0. The molecule has 1 N–H and O–H groups in total. The highest BCUT2D eigenvalue weighted by molar-refractivity contribution is 6.32. The number of nitrogens with one attached hydrogen (secondary N) is 1. The summed E-state index contributed by atoms with van der Waals surface area (Å²) >= 11 is 6.12. The number of aryl methyl sites for hydroxylation is 1. The monoisotopic (exact) mass is 289 g/mol. The topological polar surface area (TPSA) is 21.3 Å². The van der Waals surface area contributed by atoms with Crippen molar-refractivity contribution >= 4 is 11.6 Å². The van der Waals surface area contributed by atoms with Gasteiger partial charge in [-0.3, -0.25) is 0 Å². The molecule has 1 atom stereocenters. The van der Waals surface area contributed by atoms with Crippen LogP contribution in [0, 0.1) is 6.92 Å². The van der Waals surface area contributed by atoms with Crippen molar-refractivity contribution in [3.8, 4) is 5.75 Å². The van der Waals surface area contributed by atoms with Gasteiger partial charge in [-0.1, -0.05) is 54.9 Å². The minimum Gasteiger partial charge on any atom is -0.490 e. The number of halogens is 1. The average molecular weight is 290 g/mol. The molecule has 0 heterocycles. The molecule has 2 rings (SSSR count). The lowest BCUT2D eigenvalue weighted by Crippen LogP contribution is -2.27. The highest BCUT2D eigenvalue weighted by Crippen LogP contribution is 2.25. The Morgan fingerprint density at radius 1 is 1.10 bits per heavy atom. The van der Waals surface area contributed by atoms with Crippen molar-refractivity contribution in [2.24, 2.45) is 0 Å². The van der Waals surface area contributed by atoms with E-state index in [4.69, 9.17) is 16.3 Å². The van der Waals surface area contributed by atoms with Gasteiger partial charge >= 0.3 is 0 Å². The van der Waals surface area contributed by atoms with Gasteiger partial charge in [0.2, 0.25) is 0 Å². The molecule has 2 aromatic carbocycles. The fourth-order valence-electron chi connectivity index (χ4n) is 2.22. The summed E-state index contributed by atoms with van der Waals surface area (Å²) in [5.74, 6) is 0.727. The van der Waals surface area contributed by atoms with Gasteiger partial charge in [0.05, 0.1) is 11.1 Å². The van der Waals surface area contributed by atoms with Crippen LogP contribution in [0.3, 0.4) is 0 Å². The maximum absolute atomic E-state index is 6.12. The second-order valence-corrected chi connectivity index (χ2v) is 5.12. The highest BCUT2D eigenvalue weighted by Gasteiger charge is 2.13. The lowest BCUT2D eigenvalue weighted by atomic mass is 10.0. The smallest absolute Gasteiger partial charge is 0.137 e.